The molecule has 1 aromatic rings. The van der Waals surface area contributed by atoms with Gasteiger partial charge in [-0.3, -0.25) is 4.79 Å². The maximum absolute atomic E-state index is 11.7. The summed E-state index contributed by atoms with van der Waals surface area (Å²) in [6.07, 6.45) is 0.873. The first-order valence-electron chi connectivity index (χ1n) is 5.34. The molecule has 0 radical (unpaired) electrons. The summed E-state index contributed by atoms with van der Waals surface area (Å²) in [7, 11) is 1.39. The van der Waals surface area contributed by atoms with Crippen molar-refractivity contribution in [2.45, 2.75) is 18.2 Å². The van der Waals surface area contributed by atoms with Crippen molar-refractivity contribution in [3.63, 3.8) is 0 Å². The van der Waals surface area contributed by atoms with Crippen molar-refractivity contribution in [3.05, 3.63) is 23.2 Å². The molecule has 0 aliphatic heterocycles. The third-order valence-electron chi connectivity index (χ3n) is 2.93. The van der Waals surface area contributed by atoms with E-state index >= 15 is 0 Å². The number of hydrogen-bond donors (Lipinski definition) is 1. The highest BCUT2D eigenvalue weighted by Gasteiger charge is 2.39. The normalized spacial score (nSPS) is 22.6. The fourth-order valence-corrected chi connectivity index (χ4v) is 2.73. The summed E-state index contributed by atoms with van der Waals surface area (Å²) in [6, 6.07) is 3.96. The molecule has 18 heavy (non-hydrogen) atoms. The molecule has 0 heterocycles. The van der Waals surface area contributed by atoms with Crippen molar-refractivity contribution in [2.24, 2.45) is 11.8 Å². The lowest BCUT2D eigenvalue weighted by Gasteiger charge is -2.07. The Kier molecular flexibility index (Phi) is 3.58. The molecule has 2 atom stereocenters. The number of benzene rings is 1. The van der Waals surface area contributed by atoms with Gasteiger partial charge in [0.1, 0.15) is 0 Å². The van der Waals surface area contributed by atoms with Crippen LogP contribution in [0.15, 0.2) is 23.1 Å². The minimum Gasteiger partial charge on any atom is -0.325 e. The number of halogens is 2. The summed E-state index contributed by atoms with van der Waals surface area (Å²) in [5.41, 5.74) is 0.393. The number of hydrogen-bond acceptors (Lipinski definition) is 3. The van der Waals surface area contributed by atoms with Crippen molar-refractivity contribution in [2.75, 3.05) is 5.32 Å². The fourth-order valence-electron chi connectivity index (χ4n) is 1.66. The fraction of sp³-hybridized carbons (Fsp3) is 0.364. The van der Waals surface area contributed by atoms with Crippen molar-refractivity contribution >= 4 is 42.9 Å². The number of amides is 1. The number of nitrogens with one attached hydrogen (secondary N) is 1. The molecule has 1 saturated carbocycles. The first-order chi connectivity index (χ1) is 8.29. The van der Waals surface area contributed by atoms with Crippen LogP contribution in [0.3, 0.4) is 0 Å². The lowest BCUT2D eigenvalue weighted by molar-refractivity contribution is -0.117. The zero-order valence-corrected chi connectivity index (χ0v) is 11.8. The molecule has 98 valence electrons. The van der Waals surface area contributed by atoms with Crippen molar-refractivity contribution in [1.82, 2.24) is 0 Å². The van der Waals surface area contributed by atoms with E-state index < -0.39 is 9.05 Å². The quantitative estimate of drug-likeness (QED) is 0.873. The predicted molar refractivity (Wildman–Crippen MR) is 70.4 cm³/mol. The molecule has 1 aliphatic carbocycles. The van der Waals surface area contributed by atoms with E-state index in [9.17, 15) is 13.2 Å². The Labute approximate surface area is 115 Å². The average Bonchev–Trinajstić information content (AvgIpc) is 2.97. The Morgan fingerprint density at radius 3 is 2.50 bits per heavy atom. The van der Waals surface area contributed by atoms with Gasteiger partial charge in [-0.1, -0.05) is 18.5 Å². The van der Waals surface area contributed by atoms with Crippen molar-refractivity contribution in [1.29, 1.82) is 0 Å². The molecular weight excluding hydrogens is 297 g/mol. The highest BCUT2D eigenvalue weighted by Crippen LogP contribution is 2.39. The maximum atomic E-state index is 11.7. The van der Waals surface area contributed by atoms with Gasteiger partial charge >= 0.3 is 0 Å². The number of rotatable bonds is 3. The van der Waals surface area contributed by atoms with E-state index in [-0.39, 0.29) is 21.7 Å². The van der Waals surface area contributed by atoms with Gasteiger partial charge in [-0.2, -0.15) is 0 Å². The van der Waals surface area contributed by atoms with Gasteiger partial charge < -0.3 is 5.32 Å². The first kappa shape index (κ1) is 13.6. The molecule has 0 aromatic heterocycles. The Bertz CT molecular complexity index is 600. The Morgan fingerprint density at radius 2 is 2.06 bits per heavy atom. The summed E-state index contributed by atoms with van der Waals surface area (Å²) in [4.78, 5) is 11.6. The highest BCUT2D eigenvalue weighted by molar-refractivity contribution is 8.13. The van der Waals surface area contributed by atoms with Crippen LogP contribution in [0, 0.1) is 11.8 Å². The monoisotopic (exact) mass is 307 g/mol. The minimum atomic E-state index is -3.81. The third-order valence-corrected chi connectivity index (χ3v) is 4.59. The second-order valence-electron chi connectivity index (χ2n) is 4.39. The van der Waals surface area contributed by atoms with Crippen molar-refractivity contribution in [3.8, 4) is 0 Å². The third kappa shape index (κ3) is 2.96. The lowest BCUT2D eigenvalue weighted by Crippen LogP contribution is -2.14. The predicted octanol–water partition coefficient (Wildman–Crippen LogP) is 2.86. The summed E-state index contributed by atoms with van der Waals surface area (Å²) < 4.78 is 22.2. The van der Waals surface area contributed by atoms with Crippen LogP contribution in [-0.4, -0.2) is 14.3 Å². The van der Waals surface area contributed by atoms with Crippen molar-refractivity contribution < 1.29 is 13.2 Å². The van der Waals surface area contributed by atoms with Gasteiger partial charge in [0, 0.05) is 16.6 Å². The van der Waals surface area contributed by atoms with E-state index in [2.05, 4.69) is 5.32 Å². The van der Waals surface area contributed by atoms with E-state index in [4.69, 9.17) is 22.3 Å². The van der Waals surface area contributed by atoms with E-state index in [0.717, 1.165) is 6.42 Å². The molecule has 1 fully saturated rings. The van der Waals surface area contributed by atoms with Crippen LogP contribution in [-0.2, 0) is 13.8 Å². The molecule has 1 amide bonds. The summed E-state index contributed by atoms with van der Waals surface area (Å²) in [5.74, 6) is 0.328. The molecule has 1 aliphatic rings. The molecule has 1 aromatic carbocycles. The van der Waals surface area contributed by atoms with E-state index in [1.165, 1.54) is 18.2 Å². The minimum absolute atomic E-state index is 0.0255. The molecule has 0 spiro atoms. The summed E-state index contributed by atoms with van der Waals surface area (Å²) in [6.45, 7) is 2.00. The summed E-state index contributed by atoms with van der Waals surface area (Å²) >= 11 is 5.90. The molecule has 4 nitrogen and oxygen atoms in total. The van der Waals surface area contributed by atoms with Crippen LogP contribution < -0.4 is 5.32 Å². The van der Waals surface area contributed by atoms with Crippen LogP contribution >= 0.6 is 22.3 Å². The van der Waals surface area contributed by atoms with Gasteiger partial charge in [-0.25, -0.2) is 8.42 Å². The largest absolute Gasteiger partial charge is 0.325 e. The van der Waals surface area contributed by atoms with Crippen LogP contribution in [0.25, 0.3) is 0 Å². The van der Waals surface area contributed by atoms with Gasteiger partial charge in [0.2, 0.25) is 5.91 Å². The standard InChI is InChI=1S/C11H11Cl2NO3S/c1-6-4-8(6)11(15)14-10-3-2-7(5-9(10)12)18(13,16)17/h2-3,5-6,8H,4H2,1H3,(H,14,15). The topological polar surface area (TPSA) is 63.2 Å². The van der Waals surface area contributed by atoms with Crippen LogP contribution in [0.1, 0.15) is 13.3 Å². The Morgan fingerprint density at radius 1 is 1.44 bits per heavy atom. The number of anilines is 1. The summed E-state index contributed by atoms with van der Waals surface area (Å²) in [5, 5.41) is 2.82. The van der Waals surface area contributed by atoms with E-state index in [0.29, 0.717) is 11.6 Å². The van der Waals surface area contributed by atoms with Crippen LogP contribution in [0.4, 0.5) is 5.69 Å². The molecule has 1 N–H and O–H groups in total. The zero-order chi connectivity index (χ0) is 13.5. The lowest BCUT2D eigenvalue weighted by atomic mass is 10.3. The van der Waals surface area contributed by atoms with E-state index in [1.54, 1.807) is 0 Å². The molecule has 2 rings (SSSR count). The number of carbonyl (C=O) groups is 1. The highest BCUT2D eigenvalue weighted by atomic mass is 35.7. The molecule has 0 bridgehead atoms. The second-order valence-corrected chi connectivity index (χ2v) is 7.36. The van der Waals surface area contributed by atoms with Crippen LogP contribution in [0.2, 0.25) is 5.02 Å². The zero-order valence-electron chi connectivity index (χ0n) is 9.48. The SMILES string of the molecule is CC1CC1C(=O)Nc1ccc(S(=O)(=O)Cl)cc1Cl. The van der Waals surface area contributed by atoms with E-state index in [1.807, 2.05) is 6.92 Å². The maximum Gasteiger partial charge on any atom is 0.261 e. The molecular formula is C11H11Cl2NO3S. The number of carbonyl (C=O) groups excluding carboxylic acids is 1. The Hall–Kier alpha value is -0.780. The molecule has 0 saturated heterocycles. The van der Waals surface area contributed by atoms with Gasteiger partial charge in [-0.05, 0) is 30.5 Å². The smallest absolute Gasteiger partial charge is 0.261 e. The average molecular weight is 308 g/mol. The second kappa shape index (κ2) is 4.72. The van der Waals surface area contributed by atoms with Gasteiger partial charge in [0.15, 0.2) is 0 Å². The van der Waals surface area contributed by atoms with Gasteiger partial charge in [0.05, 0.1) is 15.6 Å². The van der Waals surface area contributed by atoms with Crippen LogP contribution in [0.5, 0.6) is 0 Å². The van der Waals surface area contributed by atoms with Gasteiger partial charge in [-0.15, -0.1) is 0 Å². The molecule has 7 heteroatoms. The Balaban J connectivity index is 2.18. The van der Waals surface area contributed by atoms with Gasteiger partial charge in [0.25, 0.3) is 9.05 Å². The first-order valence-corrected chi connectivity index (χ1v) is 8.03. The molecule has 2 unspecified atom stereocenters.